The molecule has 5 heteroatoms. The standard InChI is InChI=1S/C10H17NO3S/c12-9(11-5-4-10(13)14)7-8-3-1-2-6-15-8/h8H,1-7H2,(H,11,12)(H,13,14). The zero-order chi connectivity index (χ0) is 11.1. The Morgan fingerprint density at radius 1 is 1.40 bits per heavy atom. The molecule has 15 heavy (non-hydrogen) atoms. The van der Waals surface area contributed by atoms with E-state index >= 15 is 0 Å². The van der Waals surface area contributed by atoms with Gasteiger partial charge in [-0.15, -0.1) is 0 Å². The molecule has 1 unspecified atom stereocenters. The van der Waals surface area contributed by atoms with Crippen LogP contribution in [-0.2, 0) is 9.59 Å². The van der Waals surface area contributed by atoms with Crippen LogP contribution < -0.4 is 5.32 Å². The van der Waals surface area contributed by atoms with Gasteiger partial charge in [-0.3, -0.25) is 9.59 Å². The smallest absolute Gasteiger partial charge is 0.305 e. The zero-order valence-electron chi connectivity index (χ0n) is 8.70. The van der Waals surface area contributed by atoms with E-state index in [-0.39, 0.29) is 18.9 Å². The van der Waals surface area contributed by atoms with E-state index in [0.717, 1.165) is 12.2 Å². The summed E-state index contributed by atoms with van der Waals surface area (Å²) in [7, 11) is 0. The molecular weight excluding hydrogens is 214 g/mol. The zero-order valence-corrected chi connectivity index (χ0v) is 9.52. The third kappa shape index (κ3) is 5.67. The fourth-order valence-corrected chi connectivity index (χ4v) is 2.86. The van der Waals surface area contributed by atoms with Gasteiger partial charge < -0.3 is 10.4 Å². The van der Waals surface area contributed by atoms with Gasteiger partial charge in [0.1, 0.15) is 0 Å². The Bertz CT molecular complexity index is 227. The number of carbonyl (C=O) groups is 2. The first-order valence-electron chi connectivity index (χ1n) is 5.28. The van der Waals surface area contributed by atoms with Crippen molar-refractivity contribution in [1.29, 1.82) is 0 Å². The molecule has 1 heterocycles. The summed E-state index contributed by atoms with van der Waals surface area (Å²) in [6.07, 6.45) is 4.10. The molecule has 0 bridgehead atoms. The molecule has 0 aromatic heterocycles. The molecule has 1 amide bonds. The van der Waals surface area contributed by atoms with Crippen molar-refractivity contribution in [3.8, 4) is 0 Å². The molecule has 0 radical (unpaired) electrons. The number of nitrogens with one attached hydrogen (secondary N) is 1. The summed E-state index contributed by atoms with van der Waals surface area (Å²) >= 11 is 1.85. The quantitative estimate of drug-likeness (QED) is 0.747. The lowest BCUT2D eigenvalue weighted by Gasteiger charge is -2.20. The summed E-state index contributed by atoms with van der Waals surface area (Å²) in [6, 6.07) is 0. The van der Waals surface area contributed by atoms with Gasteiger partial charge >= 0.3 is 5.97 Å². The van der Waals surface area contributed by atoms with E-state index in [9.17, 15) is 9.59 Å². The molecular formula is C10H17NO3S. The number of carbonyl (C=O) groups excluding carboxylic acids is 1. The second kappa shape index (κ2) is 6.71. The predicted octanol–water partition coefficient (Wildman–Crippen LogP) is 1.25. The Morgan fingerprint density at radius 3 is 2.80 bits per heavy atom. The lowest BCUT2D eigenvalue weighted by atomic mass is 10.1. The molecule has 1 saturated heterocycles. The number of amides is 1. The maximum atomic E-state index is 11.4. The summed E-state index contributed by atoms with van der Waals surface area (Å²) in [5.74, 6) is 0.255. The minimum absolute atomic E-state index is 0.00352. The number of carboxylic acids is 1. The van der Waals surface area contributed by atoms with E-state index in [1.54, 1.807) is 0 Å². The molecule has 0 spiro atoms. The number of rotatable bonds is 5. The van der Waals surface area contributed by atoms with Gasteiger partial charge in [-0.1, -0.05) is 6.42 Å². The van der Waals surface area contributed by atoms with Gasteiger partial charge in [0.05, 0.1) is 6.42 Å². The number of hydrogen-bond donors (Lipinski definition) is 2. The molecule has 1 fully saturated rings. The van der Waals surface area contributed by atoms with Crippen molar-refractivity contribution in [3.05, 3.63) is 0 Å². The lowest BCUT2D eigenvalue weighted by molar-refractivity contribution is -0.136. The van der Waals surface area contributed by atoms with Crippen LogP contribution in [0.1, 0.15) is 32.1 Å². The van der Waals surface area contributed by atoms with Gasteiger partial charge in [0.15, 0.2) is 0 Å². The second-order valence-corrected chi connectivity index (χ2v) is 5.09. The summed E-state index contributed by atoms with van der Waals surface area (Å²) < 4.78 is 0. The van der Waals surface area contributed by atoms with Crippen LogP contribution in [0.4, 0.5) is 0 Å². The summed E-state index contributed by atoms with van der Waals surface area (Å²) in [4.78, 5) is 21.6. The molecule has 0 saturated carbocycles. The van der Waals surface area contributed by atoms with E-state index in [1.807, 2.05) is 11.8 Å². The van der Waals surface area contributed by atoms with E-state index in [4.69, 9.17) is 5.11 Å². The molecule has 1 atom stereocenters. The Kier molecular flexibility index (Phi) is 5.53. The number of carboxylic acid groups (broad SMARTS) is 1. The molecule has 1 rings (SSSR count). The van der Waals surface area contributed by atoms with Gasteiger partial charge in [0.2, 0.25) is 5.91 Å². The van der Waals surface area contributed by atoms with Crippen LogP contribution in [-0.4, -0.2) is 34.5 Å². The molecule has 2 N–H and O–H groups in total. The Morgan fingerprint density at radius 2 is 2.20 bits per heavy atom. The third-order valence-electron chi connectivity index (χ3n) is 2.35. The van der Waals surface area contributed by atoms with Gasteiger partial charge in [0, 0.05) is 18.2 Å². The van der Waals surface area contributed by atoms with Gasteiger partial charge in [0.25, 0.3) is 0 Å². The van der Waals surface area contributed by atoms with Gasteiger partial charge in [-0.25, -0.2) is 0 Å². The van der Waals surface area contributed by atoms with Crippen molar-refractivity contribution in [2.75, 3.05) is 12.3 Å². The van der Waals surface area contributed by atoms with Crippen molar-refractivity contribution < 1.29 is 14.7 Å². The summed E-state index contributed by atoms with van der Waals surface area (Å²) in [5.41, 5.74) is 0. The molecule has 4 nitrogen and oxygen atoms in total. The lowest BCUT2D eigenvalue weighted by Crippen LogP contribution is -2.29. The van der Waals surface area contributed by atoms with Crippen molar-refractivity contribution in [3.63, 3.8) is 0 Å². The molecule has 0 aliphatic carbocycles. The maximum absolute atomic E-state index is 11.4. The Labute approximate surface area is 93.8 Å². The fraction of sp³-hybridized carbons (Fsp3) is 0.800. The highest BCUT2D eigenvalue weighted by atomic mass is 32.2. The van der Waals surface area contributed by atoms with E-state index in [0.29, 0.717) is 11.7 Å². The Hall–Kier alpha value is -0.710. The monoisotopic (exact) mass is 231 g/mol. The predicted molar refractivity (Wildman–Crippen MR) is 60.0 cm³/mol. The molecule has 0 aromatic rings. The molecule has 1 aliphatic rings. The molecule has 0 aromatic carbocycles. The van der Waals surface area contributed by atoms with Crippen molar-refractivity contribution in [2.24, 2.45) is 0 Å². The van der Waals surface area contributed by atoms with Gasteiger partial charge in [-0.2, -0.15) is 11.8 Å². The first kappa shape index (κ1) is 12.4. The van der Waals surface area contributed by atoms with Crippen molar-refractivity contribution in [2.45, 2.75) is 37.4 Å². The topological polar surface area (TPSA) is 66.4 Å². The summed E-state index contributed by atoms with van der Waals surface area (Å²) in [6.45, 7) is 0.242. The molecule has 1 aliphatic heterocycles. The largest absolute Gasteiger partial charge is 0.481 e. The molecule has 86 valence electrons. The van der Waals surface area contributed by atoms with E-state index in [1.165, 1.54) is 12.8 Å². The second-order valence-electron chi connectivity index (χ2n) is 3.69. The van der Waals surface area contributed by atoms with E-state index in [2.05, 4.69) is 5.32 Å². The van der Waals surface area contributed by atoms with Crippen LogP contribution in [0.15, 0.2) is 0 Å². The van der Waals surface area contributed by atoms with Crippen LogP contribution in [0.3, 0.4) is 0 Å². The van der Waals surface area contributed by atoms with Crippen LogP contribution in [0, 0.1) is 0 Å². The average Bonchev–Trinajstić information content (AvgIpc) is 2.18. The maximum Gasteiger partial charge on any atom is 0.305 e. The Balaban J connectivity index is 2.09. The summed E-state index contributed by atoms with van der Waals surface area (Å²) in [5, 5.41) is 11.5. The van der Waals surface area contributed by atoms with Crippen LogP contribution in [0.25, 0.3) is 0 Å². The van der Waals surface area contributed by atoms with Crippen molar-refractivity contribution >= 4 is 23.6 Å². The highest BCUT2D eigenvalue weighted by Gasteiger charge is 2.17. The number of hydrogen-bond acceptors (Lipinski definition) is 3. The minimum Gasteiger partial charge on any atom is -0.481 e. The normalized spacial score (nSPS) is 20.9. The van der Waals surface area contributed by atoms with Crippen LogP contribution >= 0.6 is 11.8 Å². The average molecular weight is 231 g/mol. The highest BCUT2D eigenvalue weighted by molar-refractivity contribution is 7.99. The van der Waals surface area contributed by atoms with E-state index < -0.39 is 5.97 Å². The highest BCUT2D eigenvalue weighted by Crippen LogP contribution is 2.27. The van der Waals surface area contributed by atoms with Gasteiger partial charge in [-0.05, 0) is 18.6 Å². The van der Waals surface area contributed by atoms with Crippen LogP contribution in [0.2, 0.25) is 0 Å². The first-order chi connectivity index (χ1) is 7.18. The first-order valence-corrected chi connectivity index (χ1v) is 6.33. The number of thioether (sulfide) groups is 1. The van der Waals surface area contributed by atoms with Crippen LogP contribution in [0.5, 0.6) is 0 Å². The number of aliphatic carboxylic acids is 1. The minimum atomic E-state index is -0.873. The van der Waals surface area contributed by atoms with Crippen molar-refractivity contribution in [1.82, 2.24) is 5.32 Å². The third-order valence-corrected chi connectivity index (χ3v) is 3.75. The fourth-order valence-electron chi connectivity index (χ4n) is 1.56. The SMILES string of the molecule is O=C(O)CCNC(=O)CC1CCCCS1.